The zero-order valence-electron chi connectivity index (χ0n) is 16.5. The number of H-pyrrole nitrogens is 1. The molecule has 150 valence electrons. The molecule has 0 aliphatic carbocycles. The number of amides is 2. The van der Waals surface area contributed by atoms with Crippen molar-refractivity contribution in [3.05, 3.63) is 70.4 Å². The van der Waals surface area contributed by atoms with Gasteiger partial charge in [-0.2, -0.15) is 5.10 Å². The monoisotopic (exact) mass is 410 g/mol. The van der Waals surface area contributed by atoms with Crippen LogP contribution in [-0.4, -0.2) is 29.1 Å². The molecule has 3 aromatic rings. The Morgan fingerprint density at radius 2 is 1.79 bits per heavy atom. The number of hydrogen-bond donors (Lipinski definition) is 3. The summed E-state index contributed by atoms with van der Waals surface area (Å²) in [6, 6.07) is 13.7. The van der Waals surface area contributed by atoms with Crippen LogP contribution in [0.3, 0.4) is 0 Å². The Morgan fingerprint density at radius 1 is 1.10 bits per heavy atom. The molecule has 0 aliphatic rings. The average Bonchev–Trinajstić information content (AvgIpc) is 3.01. The van der Waals surface area contributed by atoms with Crippen LogP contribution in [0.4, 0.5) is 0 Å². The normalized spacial score (nSPS) is 12.4. The lowest BCUT2D eigenvalue weighted by atomic mass is 10.0. The first-order valence-electron chi connectivity index (χ1n) is 9.33. The van der Waals surface area contributed by atoms with Gasteiger partial charge in [0.05, 0.1) is 6.21 Å². The molecule has 3 N–H and O–H groups in total. The fraction of sp³-hybridized carbons (Fsp3) is 0.227. The third-order valence-corrected chi connectivity index (χ3v) is 4.91. The molecule has 2 amide bonds. The van der Waals surface area contributed by atoms with E-state index in [1.807, 2.05) is 45.0 Å². The fourth-order valence-electron chi connectivity index (χ4n) is 3.06. The molecule has 0 bridgehead atoms. The first-order chi connectivity index (χ1) is 13.9. The van der Waals surface area contributed by atoms with E-state index < -0.39 is 6.04 Å². The minimum absolute atomic E-state index is 0.115. The van der Waals surface area contributed by atoms with E-state index in [0.717, 1.165) is 22.2 Å². The Balaban J connectivity index is 1.69. The number of fused-ring (bicyclic) bond motifs is 1. The van der Waals surface area contributed by atoms with Gasteiger partial charge in [-0.3, -0.25) is 9.59 Å². The van der Waals surface area contributed by atoms with Crippen LogP contribution in [0.2, 0.25) is 5.02 Å². The first-order valence-corrected chi connectivity index (χ1v) is 9.71. The Hall–Kier alpha value is -3.12. The minimum Gasteiger partial charge on any atom is -0.358 e. The number of nitrogens with zero attached hydrogens (tertiary/aromatic N) is 1. The number of para-hydroxylation sites is 1. The number of hydrazone groups is 1. The van der Waals surface area contributed by atoms with Crippen LogP contribution in [0.15, 0.2) is 53.6 Å². The summed E-state index contributed by atoms with van der Waals surface area (Å²) in [5.41, 5.74) is 5.85. The number of aromatic nitrogens is 1. The zero-order chi connectivity index (χ0) is 21.0. The van der Waals surface area contributed by atoms with Gasteiger partial charge in [0.2, 0.25) is 0 Å². The van der Waals surface area contributed by atoms with Gasteiger partial charge in [-0.1, -0.05) is 43.6 Å². The number of aryl methyl sites for hydroxylation is 1. The van der Waals surface area contributed by atoms with Gasteiger partial charge < -0.3 is 10.3 Å². The Kier molecular flexibility index (Phi) is 6.34. The summed E-state index contributed by atoms with van der Waals surface area (Å²) in [4.78, 5) is 28.3. The maximum Gasteiger partial charge on any atom is 0.262 e. The molecule has 0 spiro atoms. The Labute approximate surface area is 174 Å². The smallest absolute Gasteiger partial charge is 0.262 e. The highest BCUT2D eigenvalue weighted by atomic mass is 35.5. The predicted octanol–water partition coefficient (Wildman–Crippen LogP) is 4.03. The molecule has 29 heavy (non-hydrogen) atoms. The van der Waals surface area contributed by atoms with Crippen LogP contribution in [0.1, 0.15) is 35.5 Å². The highest BCUT2D eigenvalue weighted by Gasteiger charge is 2.24. The van der Waals surface area contributed by atoms with Crippen molar-refractivity contribution in [1.29, 1.82) is 0 Å². The molecule has 1 unspecified atom stereocenters. The second-order valence-corrected chi connectivity index (χ2v) is 7.58. The number of aromatic amines is 1. The molecule has 0 fully saturated rings. The molecule has 0 saturated heterocycles. The maximum atomic E-state index is 12.6. The fourth-order valence-corrected chi connectivity index (χ4v) is 3.18. The van der Waals surface area contributed by atoms with E-state index in [-0.39, 0.29) is 17.7 Å². The predicted molar refractivity (Wildman–Crippen MR) is 116 cm³/mol. The van der Waals surface area contributed by atoms with Gasteiger partial charge in [-0.25, -0.2) is 5.43 Å². The van der Waals surface area contributed by atoms with E-state index in [9.17, 15) is 9.59 Å². The van der Waals surface area contributed by atoms with E-state index in [1.165, 1.54) is 0 Å². The van der Waals surface area contributed by atoms with Gasteiger partial charge in [0.1, 0.15) is 6.04 Å². The Morgan fingerprint density at radius 3 is 2.48 bits per heavy atom. The number of hydrogen-bond acceptors (Lipinski definition) is 3. The van der Waals surface area contributed by atoms with Crippen LogP contribution >= 0.6 is 11.6 Å². The van der Waals surface area contributed by atoms with Crippen molar-refractivity contribution in [1.82, 2.24) is 15.7 Å². The maximum absolute atomic E-state index is 12.6. The standard InChI is InChI=1S/C22H23ClN4O2/c1-13(2)20(26-21(28)15-8-10-16(23)11-9-15)22(29)27-24-12-18-14(3)25-19-7-5-4-6-17(18)19/h4-13,20,25H,1-3H3,(H,26,28)(H,27,29)/b24-12+. The summed E-state index contributed by atoms with van der Waals surface area (Å²) in [5, 5.41) is 8.44. The van der Waals surface area contributed by atoms with Crippen LogP contribution in [0.5, 0.6) is 0 Å². The SMILES string of the molecule is Cc1[nH]c2ccccc2c1/C=N/NC(=O)C(NC(=O)c1ccc(Cl)cc1)C(C)C. The summed E-state index contributed by atoms with van der Waals surface area (Å²) in [5.74, 6) is -0.834. The summed E-state index contributed by atoms with van der Waals surface area (Å²) in [6.07, 6.45) is 1.62. The quantitative estimate of drug-likeness (QED) is 0.423. The van der Waals surface area contributed by atoms with Crippen molar-refractivity contribution in [2.75, 3.05) is 0 Å². The van der Waals surface area contributed by atoms with E-state index in [2.05, 4.69) is 20.8 Å². The van der Waals surface area contributed by atoms with Gasteiger partial charge >= 0.3 is 0 Å². The lowest BCUT2D eigenvalue weighted by molar-refractivity contribution is -0.123. The van der Waals surface area contributed by atoms with Gasteiger partial charge in [-0.15, -0.1) is 0 Å². The summed E-state index contributed by atoms with van der Waals surface area (Å²) >= 11 is 5.86. The molecule has 2 aromatic carbocycles. The molecule has 1 atom stereocenters. The molecule has 3 rings (SSSR count). The second kappa shape index (κ2) is 8.92. The highest BCUT2D eigenvalue weighted by Crippen LogP contribution is 2.19. The van der Waals surface area contributed by atoms with Crippen molar-refractivity contribution in [3.63, 3.8) is 0 Å². The number of rotatable bonds is 6. The van der Waals surface area contributed by atoms with E-state index in [1.54, 1.807) is 30.5 Å². The van der Waals surface area contributed by atoms with Crippen molar-refractivity contribution in [2.24, 2.45) is 11.0 Å². The minimum atomic E-state index is -0.723. The molecule has 6 nitrogen and oxygen atoms in total. The van der Waals surface area contributed by atoms with Gasteiger partial charge in [0, 0.05) is 32.7 Å². The van der Waals surface area contributed by atoms with Gasteiger partial charge in [0.25, 0.3) is 11.8 Å². The van der Waals surface area contributed by atoms with Gasteiger partial charge in [-0.05, 0) is 43.2 Å². The van der Waals surface area contributed by atoms with Crippen molar-refractivity contribution >= 4 is 40.5 Å². The molecule has 1 heterocycles. The topological polar surface area (TPSA) is 86.3 Å². The molecule has 0 aliphatic heterocycles. The number of benzene rings is 2. The number of carbonyl (C=O) groups excluding carboxylic acids is 2. The average molecular weight is 411 g/mol. The third kappa shape index (κ3) is 4.84. The van der Waals surface area contributed by atoms with Crippen LogP contribution in [-0.2, 0) is 4.79 Å². The van der Waals surface area contributed by atoms with Gasteiger partial charge in [0.15, 0.2) is 0 Å². The zero-order valence-corrected chi connectivity index (χ0v) is 17.2. The molecule has 1 aromatic heterocycles. The molecule has 7 heteroatoms. The van der Waals surface area contributed by atoms with E-state index in [4.69, 9.17) is 11.6 Å². The number of halogens is 1. The summed E-state index contributed by atoms with van der Waals surface area (Å²) < 4.78 is 0. The van der Waals surface area contributed by atoms with Crippen molar-refractivity contribution in [3.8, 4) is 0 Å². The lowest BCUT2D eigenvalue weighted by Gasteiger charge is -2.20. The summed E-state index contributed by atoms with van der Waals surface area (Å²) in [7, 11) is 0. The molecular weight excluding hydrogens is 388 g/mol. The van der Waals surface area contributed by atoms with Crippen molar-refractivity contribution < 1.29 is 9.59 Å². The molecule has 0 radical (unpaired) electrons. The first kappa shape index (κ1) is 20.6. The highest BCUT2D eigenvalue weighted by molar-refractivity contribution is 6.30. The lowest BCUT2D eigenvalue weighted by Crippen LogP contribution is -2.48. The van der Waals surface area contributed by atoms with Crippen molar-refractivity contribution in [2.45, 2.75) is 26.8 Å². The largest absolute Gasteiger partial charge is 0.358 e. The van der Waals surface area contributed by atoms with Crippen LogP contribution in [0, 0.1) is 12.8 Å². The molecular formula is C22H23ClN4O2. The number of nitrogens with one attached hydrogen (secondary N) is 3. The Bertz CT molecular complexity index is 1050. The summed E-state index contributed by atoms with van der Waals surface area (Å²) in [6.45, 7) is 5.67. The second-order valence-electron chi connectivity index (χ2n) is 7.15. The van der Waals surface area contributed by atoms with Crippen LogP contribution < -0.4 is 10.7 Å². The van der Waals surface area contributed by atoms with Crippen LogP contribution in [0.25, 0.3) is 10.9 Å². The van der Waals surface area contributed by atoms with E-state index in [0.29, 0.717) is 10.6 Å². The third-order valence-electron chi connectivity index (χ3n) is 4.65. The van der Waals surface area contributed by atoms with E-state index >= 15 is 0 Å². The number of carbonyl (C=O) groups is 2. The molecule has 0 saturated carbocycles.